The molecule has 0 bridgehead atoms. The van der Waals surface area contributed by atoms with Gasteiger partial charge in [-0.1, -0.05) is 34.5 Å². The second-order valence-electron chi connectivity index (χ2n) is 8.54. The predicted molar refractivity (Wildman–Crippen MR) is 150 cm³/mol. The number of hydrogen-bond donors (Lipinski definition) is 0. The molecule has 0 radical (unpaired) electrons. The average molecular weight is 630 g/mol. The van der Waals surface area contributed by atoms with Gasteiger partial charge < -0.3 is 18.9 Å². The molecule has 1 fully saturated rings. The van der Waals surface area contributed by atoms with Crippen molar-refractivity contribution >= 4 is 72.7 Å². The summed E-state index contributed by atoms with van der Waals surface area (Å²) >= 11 is 13.7. The number of rotatable bonds is 7. The van der Waals surface area contributed by atoms with Crippen LogP contribution in [0.15, 0.2) is 46.3 Å². The Hall–Kier alpha value is -2.97. The number of ether oxygens (including phenoxy) is 2. The van der Waals surface area contributed by atoms with E-state index in [4.69, 9.17) is 32.7 Å². The number of nitrogens with zero attached hydrogens (tertiary/aromatic N) is 4. The van der Waals surface area contributed by atoms with Gasteiger partial charge in [0.25, 0.3) is 5.91 Å². The van der Waals surface area contributed by atoms with Crippen molar-refractivity contribution in [1.29, 1.82) is 0 Å². The van der Waals surface area contributed by atoms with Crippen LogP contribution in [0.2, 0.25) is 10.0 Å². The van der Waals surface area contributed by atoms with E-state index in [0.29, 0.717) is 15.2 Å². The lowest BCUT2D eigenvalue weighted by Crippen LogP contribution is -2.50. The number of fused-ring (bicyclic) bond motifs is 1. The van der Waals surface area contributed by atoms with E-state index in [0.717, 1.165) is 11.3 Å². The second kappa shape index (κ2) is 12.7. The molecule has 0 atom stereocenters. The Labute approximate surface area is 244 Å². The van der Waals surface area contributed by atoms with Crippen molar-refractivity contribution in [1.82, 2.24) is 13.8 Å². The third-order valence-electron chi connectivity index (χ3n) is 5.99. The van der Waals surface area contributed by atoms with Crippen LogP contribution in [0.3, 0.4) is 0 Å². The van der Waals surface area contributed by atoms with Crippen LogP contribution in [0.25, 0.3) is 10.2 Å². The number of amides is 2. The molecule has 1 aliphatic heterocycles. The number of sulfonamides is 1. The molecule has 1 saturated heterocycles. The highest BCUT2D eigenvalue weighted by Gasteiger charge is 2.30. The predicted octanol–water partition coefficient (Wildman–Crippen LogP) is 3.78. The quantitative estimate of drug-likeness (QED) is 0.364. The van der Waals surface area contributed by atoms with Crippen molar-refractivity contribution in [2.24, 2.45) is 4.99 Å². The molecule has 0 spiro atoms. The Morgan fingerprint density at radius 1 is 0.975 bits per heavy atom. The van der Waals surface area contributed by atoms with Gasteiger partial charge in [-0.15, -0.1) is 0 Å². The number of esters is 1. The zero-order valence-electron chi connectivity index (χ0n) is 21.6. The number of carbonyl (C=O) groups excluding carboxylic acids is 3. The van der Waals surface area contributed by atoms with Gasteiger partial charge in [-0.3, -0.25) is 9.59 Å². The van der Waals surface area contributed by atoms with Gasteiger partial charge in [0.15, 0.2) is 4.80 Å². The molecule has 2 heterocycles. The van der Waals surface area contributed by atoms with Crippen molar-refractivity contribution in [2.75, 3.05) is 39.4 Å². The normalized spacial score (nSPS) is 14.9. The number of benzene rings is 2. The van der Waals surface area contributed by atoms with Crippen LogP contribution in [-0.2, 0) is 30.8 Å². The molecule has 4 rings (SSSR count). The highest BCUT2D eigenvalue weighted by Crippen LogP contribution is 2.30. The van der Waals surface area contributed by atoms with Crippen molar-refractivity contribution < 1.29 is 32.3 Å². The monoisotopic (exact) mass is 628 g/mol. The Morgan fingerprint density at radius 2 is 1.62 bits per heavy atom. The molecule has 1 aromatic heterocycles. The Kier molecular flexibility index (Phi) is 9.52. The molecule has 0 N–H and O–H groups in total. The van der Waals surface area contributed by atoms with Gasteiger partial charge in [0.2, 0.25) is 10.0 Å². The summed E-state index contributed by atoms with van der Waals surface area (Å²) in [5, 5.41) is 0.675. The smallest absolute Gasteiger partial charge is 0.409 e. The summed E-state index contributed by atoms with van der Waals surface area (Å²) in [6.45, 7) is 4.26. The largest absolute Gasteiger partial charge is 0.465 e. The van der Waals surface area contributed by atoms with Gasteiger partial charge in [-0.25, -0.2) is 13.2 Å². The van der Waals surface area contributed by atoms with Crippen LogP contribution in [0.5, 0.6) is 0 Å². The molecular formula is C25H26Cl2N4O7S2. The van der Waals surface area contributed by atoms with Gasteiger partial charge in [-0.05, 0) is 50.2 Å². The summed E-state index contributed by atoms with van der Waals surface area (Å²) in [4.78, 5) is 43.1. The highest BCUT2D eigenvalue weighted by atomic mass is 35.5. The summed E-state index contributed by atoms with van der Waals surface area (Å²) in [5.74, 6) is -1.17. The first-order valence-electron chi connectivity index (χ1n) is 12.3. The maximum absolute atomic E-state index is 13.1. The zero-order chi connectivity index (χ0) is 29.0. The van der Waals surface area contributed by atoms with Crippen LogP contribution >= 0.6 is 34.5 Å². The summed E-state index contributed by atoms with van der Waals surface area (Å²) in [6, 6.07) is 8.61. The molecule has 15 heteroatoms. The summed E-state index contributed by atoms with van der Waals surface area (Å²) < 4.78 is 39.7. The number of aromatic nitrogens is 1. The zero-order valence-corrected chi connectivity index (χ0v) is 24.8. The molecule has 214 valence electrons. The average Bonchev–Trinajstić information content (AvgIpc) is 3.25. The minimum absolute atomic E-state index is 0.00861. The van der Waals surface area contributed by atoms with Gasteiger partial charge in [-0.2, -0.15) is 9.30 Å². The summed E-state index contributed by atoms with van der Waals surface area (Å²) in [7, 11) is -3.84. The molecule has 3 aromatic rings. The lowest BCUT2D eigenvalue weighted by Gasteiger charge is -2.33. The van der Waals surface area contributed by atoms with Crippen LogP contribution in [-0.4, -0.2) is 79.6 Å². The summed E-state index contributed by atoms with van der Waals surface area (Å²) in [5.41, 5.74) is 0.635. The third kappa shape index (κ3) is 6.50. The highest BCUT2D eigenvalue weighted by molar-refractivity contribution is 7.89. The first kappa shape index (κ1) is 30.0. The van der Waals surface area contributed by atoms with Crippen molar-refractivity contribution in [3.8, 4) is 0 Å². The van der Waals surface area contributed by atoms with Crippen LogP contribution < -0.4 is 4.80 Å². The second-order valence-corrected chi connectivity index (χ2v) is 12.3. The van der Waals surface area contributed by atoms with E-state index < -0.39 is 28.0 Å². The minimum Gasteiger partial charge on any atom is -0.465 e. The van der Waals surface area contributed by atoms with E-state index in [1.165, 1.54) is 44.1 Å². The SMILES string of the molecule is CCOC(=O)Cn1c(=NC(=O)c2ccc(S(=O)(=O)N3CCN(C(=O)OCC)CC3)cc2)sc2cc(Cl)cc(Cl)c21. The molecule has 0 unspecified atom stereocenters. The minimum atomic E-state index is -3.84. The maximum Gasteiger partial charge on any atom is 0.409 e. The fourth-order valence-corrected chi connectivity index (χ4v) is 7.32. The van der Waals surface area contributed by atoms with Crippen LogP contribution in [0.4, 0.5) is 4.79 Å². The number of halogens is 2. The molecule has 0 aliphatic carbocycles. The lowest BCUT2D eigenvalue weighted by molar-refractivity contribution is -0.143. The first-order valence-corrected chi connectivity index (χ1v) is 15.3. The van der Waals surface area contributed by atoms with Crippen molar-refractivity contribution in [3.63, 3.8) is 0 Å². The summed E-state index contributed by atoms with van der Waals surface area (Å²) in [6.07, 6.45) is -0.473. The number of piperazine rings is 1. The number of thiazole rings is 1. The van der Waals surface area contributed by atoms with Crippen molar-refractivity contribution in [3.05, 3.63) is 56.8 Å². The molecular weight excluding hydrogens is 603 g/mol. The van der Waals surface area contributed by atoms with E-state index in [9.17, 15) is 22.8 Å². The van der Waals surface area contributed by atoms with E-state index in [-0.39, 0.29) is 66.2 Å². The van der Waals surface area contributed by atoms with E-state index in [1.807, 2.05) is 0 Å². The van der Waals surface area contributed by atoms with Gasteiger partial charge >= 0.3 is 12.1 Å². The standard InChI is InChI=1S/C25H26Cl2N4O7S2/c1-3-37-21(32)15-31-22-19(27)13-17(26)14-20(22)39-24(31)28-23(33)16-5-7-18(8-6-16)40(35,36)30-11-9-29(10-12-30)25(34)38-4-2/h5-8,13-14H,3-4,9-12,15H2,1-2H3. The van der Waals surface area contributed by atoms with E-state index in [2.05, 4.69) is 4.99 Å². The van der Waals surface area contributed by atoms with E-state index in [1.54, 1.807) is 19.9 Å². The Balaban J connectivity index is 1.58. The molecule has 40 heavy (non-hydrogen) atoms. The Bertz CT molecular complexity index is 1610. The first-order chi connectivity index (χ1) is 19.0. The number of hydrogen-bond acceptors (Lipinski definition) is 8. The topological polar surface area (TPSA) is 128 Å². The van der Waals surface area contributed by atoms with Crippen LogP contribution in [0.1, 0.15) is 24.2 Å². The molecule has 11 nitrogen and oxygen atoms in total. The van der Waals surface area contributed by atoms with Gasteiger partial charge in [0.05, 0.1) is 33.3 Å². The molecule has 2 amide bonds. The Morgan fingerprint density at radius 3 is 2.25 bits per heavy atom. The molecule has 2 aromatic carbocycles. The van der Waals surface area contributed by atoms with E-state index >= 15 is 0 Å². The fraction of sp³-hybridized carbons (Fsp3) is 0.360. The maximum atomic E-state index is 13.1. The molecule has 0 saturated carbocycles. The van der Waals surface area contributed by atoms with Gasteiger partial charge in [0, 0.05) is 36.8 Å². The van der Waals surface area contributed by atoms with Crippen molar-refractivity contribution in [2.45, 2.75) is 25.3 Å². The lowest BCUT2D eigenvalue weighted by atomic mass is 10.2. The van der Waals surface area contributed by atoms with Crippen LogP contribution in [0, 0.1) is 0 Å². The number of carbonyl (C=O) groups is 3. The molecule has 1 aliphatic rings. The third-order valence-corrected chi connectivity index (χ3v) is 9.43. The van der Waals surface area contributed by atoms with Gasteiger partial charge in [0.1, 0.15) is 6.54 Å². The fourth-order valence-electron chi connectivity index (χ4n) is 4.09.